The van der Waals surface area contributed by atoms with Crippen molar-refractivity contribution >= 4 is 12.4 Å². The number of halogens is 1. The maximum absolute atomic E-state index is 6.60. The van der Waals surface area contributed by atoms with Crippen LogP contribution in [0.3, 0.4) is 0 Å². The molecule has 2 atom stereocenters. The quantitative estimate of drug-likeness (QED) is 0.594. The Morgan fingerprint density at radius 2 is 1.46 bits per heavy atom. The van der Waals surface area contributed by atoms with Gasteiger partial charge in [-0.05, 0) is 11.1 Å². The molecule has 3 aromatic carbocycles. The molecule has 3 nitrogen and oxygen atoms in total. The summed E-state index contributed by atoms with van der Waals surface area (Å²) in [6.07, 6.45) is -0.0520. The number of benzene rings is 3. The molecular formula is C24H26ClNO2. The summed E-state index contributed by atoms with van der Waals surface area (Å²) in [7, 11) is 1.74. The molecule has 1 fully saturated rings. The third-order valence-electron chi connectivity index (χ3n) is 5.15. The van der Waals surface area contributed by atoms with Gasteiger partial charge in [-0.25, -0.2) is 0 Å². The molecule has 0 radical (unpaired) electrons. The van der Waals surface area contributed by atoms with Crippen LogP contribution in [-0.2, 0) is 21.8 Å². The van der Waals surface area contributed by atoms with E-state index in [-0.39, 0.29) is 18.5 Å². The molecule has 0 amide bonds. The molecule has 0 bridgehead atoms. The molecule has 1 heterocycles. The molecule has 1 saturated heterocycles. The van der Waals surface area contributed by atoms with Gasteiger partial charge < -0.3 is 9.47 Å². The zero-order valence-corrected chi connectivity index (χ0v) is 16.8. The van der Waals surface area contributed by atoms with Gasteiger partial charge in [-0.15, -0.1) is 12.4 Å². The van der Waals surface area contributed by atoms with E-state index in [9.17, 15) is 0 Å². The van der Waals surface area contributed by atoms with Gasteiger partial charge in [0.05, 0.1) is 12.6 Å². The van der Waals surface area contributed by atoms with Crippen molar-refractivity contribution in [1.82, 2.24) is 4.90 Å². The molecule has 0 spiro atoms. The van der Waals surface area contributed by atoms with Crippen LogP contribution in [0.15, 0.2) is 91.0 Å². The predicted octanol–water partition coefficient (Wildman–Crippen LogP) is 5.18. The lowest BCUT2D eigenvalue weighted by Crippen LogP contribution is -2.51. The molecule has 1 aliphatic heterocycles. The zero-order valence-electron chi connectivity index (χ0n) is 16.0. The van der Waals surface area contributed by atoms with Gasteiger partial charge in [-0.3, -0.25) is 4.90 Å². The van der Waals surface area contributed by atoms with Crippen LogP contribution >= 0.6 is 12.4 Å². The highest BCUT2D eigenvalue weighted by Crippen LogP contribution is 2.39. The Labute approximate surface area is 173 Å². The first-order valence-corrected chi connectivity index (χ1v) is 9.39. The second-order valence-corrected chi connectivity index (χ2v) is 7.00. The highest BCUT2D eigenvalue weighted by atomic mass is 35.5. The van der Waals surface area contributed by atoms with Crippen LogP contribution in [0.25, 0.3) is 0 Å². The minimum Gasteiger partial charge on any atom is -0.348 e. The topological polar surface area (TPSA) is 21.7 Å². The lowest BCUT2D eigenvalue weighted by Gasteiger charge is -2.45. The maximum Gasteiger partial charge on any atom is 0.208 e. The molecule has 3 aromatic rings. The highest BCUT2D eigenvalue weighted by Gasteiger charge is 2.43. The van der Waals surface area contributed by atoms with Gasteiger partial charge in [0.1, 0.15) is 0 Å². The number of rotatable bonds is 5. The van der Waals surface area contributed by atoms with Crippen LogP contribution in [-0.4, -0.2) is 25.1 Å². The van der Waals surface area contributed by atoms with E-state index in [2.05, 4.69) is 71.6 Å². The molecule has 4 rings (SSSR count). The maximum atomic E-state index is 6.60. The average Bonchev–Trinajstić information content (AvgIpc) is 2.75. The summed E-state index contributed by atoms with van der Waals surface area (Å²) < 4.78 is 12.6. The van der Waals surface area contributed by atoms with Gasteiger partial charge >= 0.3 is 0 Å². The number of morpholine rings is 1. The Kier molecular flexibility index (Phi) is 6.87. The van der Waals surface area contributed by atoms with E-state index >= 15 is 0 Å². The summed E-state index contributed by atoms with van der Waals surface area (Å²) in [6, 6.07) is 31.2. The molecule has 0 aromatic heterocycles. The van der Waals surface area contributed by atoms with Crippen LogP contribution in [0.4, 0.5) is 0 Å². The van der Waals surface area contributed by atoms with Crippen LogP contribution in [0, 0.1) is 0 Å². The van der Waals surface area contributed by atoms with Gasteiger partial charge in [0, 0.05) is 25.8 Å². The van der Waals surface area contributed by atoms with Crippen LogP contribution in [0.1, 0.15) is 22.8 Å². The van der Waals surface area contributed by atoms with Crippen molar-refractivity contribution in [3.63, 3.8) is 0 Å². The van der Waals surface area contributed by atoms with Crippen molar-refractivity contribution in [2.24, 2.45) is 0 Å². The van der Waals surface area contributed by atoms with Gasteiger partial charge in [0.2, 0.25) is 5.79 Å². The molecule has 0 saturated carbocycles. The Morgan fingerprint density at radius 1 is 0.893 bits per heavy atom. The Hall–Kier alpha value is -2.17. The van der Waals surface area contributed by atoms with Gasteiger partial charge in [-0.1, -0.05) is 91.0 Å². The third kappa shape index (κ3) is 4.45. The lowest BCUT2D eigenvalue weighted by molar-refractivity contribution is -0.294. The second-order valence-electron chi connectivity index (χ2n) is 7.00. The minimum absolute atomic E-state index is 0. The molecule has 28 heavy (non-hydrogen) atoms. The van der Waals surface area contributed by atoms with E-state index in [4.69, 9.17) is 9.47 Å². The average molecular weight is 396 g/mol. The molecular weight excluding hydrogens is 370 g/mol. The molecule has 1 aliphatic rings. The standard InChI is InChI=1S/C24H25NO2.ClH/c1-26-24(22-15-9-4-10-16-22)19-25(17-20-11-5-2-6-12-20)18-23(27-24)21-13-7-3-8-14-21;/h2-16,23H,17-19H2,1H3;1H. The molecule has 0 N–H and O–H groups in total. The summed E-state index contributed by atoms with van der Waals surface area (Å²) in [5.74, 6) is -0.783. The van der Waals surface area contributed by atoms with Gasteiger partial charge in [-0.2, -0.15) is 0 Å². The SMILES string of the molecule is COC1(c2ccccc2)CN(Cc2ccccc2)CC(c2ccccc2)O1.Cl. The third-order valence-corrected chi connectivity index (χ3v) is 5.15. The van der Waals surface area contributed by atoms with Crippen molar-refractivity contribution in [2.45, 2.75) is 18.4 Å². The first-order chi connectivity index (χ1) is 13.3. The number of ether oxygens (including phenoxy) is 2. The number of nitrogens with zero attached hydrogens (tertiary/aromatic N) is 1. The Morgan fingerprint density at radius 3 is 2.07 bits per heavy atom. The number of hydrogen-bond donors (Lipinski definition) is 0. The van der Waals surface area contributed by atoms with Crippen LogP contribution in [0.2, 0.25) is 0 Å². The zero-order chi connectivity index (χ0) is 18.5. The molecule has 0 aliphatic carbocycles. The predicted molar refractivity (Wildman–Crippen MR) is 114 cm³/mol. The normalized spacial score (nSPS) is 22.4. The largest absolute Gasteiger partial charge is 0.348 e. The van der Waals surface area contributed by atoms with Gasteiger partial charge in [0.15, 0.2) is 0 Å². The summed E-state index contributed by atoms with van der Waals surface area (Å²) in [4.78, 5) is 2.42. The van der Waals surface area contributed by atoms with Crippen LogP contribution < -0.4 is 0 Å². The van der Waals surface area contributed by atoms with E-state index in [1.54, 1.807) is 7.11 Å². The van der Waals surface area contributed by atoms with E-state index in [0.29, 0.717) is 6.54 Å². The second kappa shape index (κ2) is 9.35. The van der Waals surface area contributed by atoms with Gasteiger partial charge in [0.25, 0.3) is 0 Å². The van der Waals surface area contributed by atoms with E-state index in [1.807, 2.05) is 24.3 Å². The molecule has 146 valence electrons. The fourth-order valence-electron chi connectivity index (χ4n) is 3.78. The summed E-state index contributed by atoms with van der Waals surface area (Å²) >= 11 is 0. The monoisotopic (exact) mass is 395 g/mol. The lowest BCUT2D eigenvalue weighted by atomic mass is 9.99. The Bertz CT molecular complexity index is 844. The fraction of sp³-hybridized carbons (Fsp3) is 0.250. The summed E-state index contributed by atoms with van der Waals surface area (Å²) in [5.41, 5.74) is 3.52. The first kappa shape index (κ1) is 20.6. The highest BCUT2D eigenvalue weighted by molar-refractivity contribution is 5.85. The van der Waals surface area contributed by atoms with E-state index in [1.165, 1.54) is 11.1 Å². The number of methoxy groups -OCH3 is 1. The fourth-order valence-corrected chi connectivity index (χ4v) is 3.78. The summed E-state index contributed by atoms with van der Waals surface area (Å²) in [5, 5.41) is 0. The van der Waals surface area contributed by atoms with Crippen LogP contribution in [0.5, 0.6) is 0 Å². The number of hydrogen-bond acceptors (Lipinski definition) is 3. The summed E-state index contributed by atoms with van der Waals surface area (Å²) in [6.45, 7) is 2.38. The van der Waals surface area contributed by atoms with Crippen molar-refractivity contribution in [3.05, 3.63) is 108 Å². The van der Waals surface area contributed by atoms with E-state index < -0.39 is 5.79 Å². The minimum atomic E-state index is -0.783. The van der Waals surface area contributed by atoms with Crippen molar-refractivity contribution in [2.75, 3.05) is 20.2 Å². The van der Waals surface area contributed by atoms with Crippen molar-refractivity contribution < 1.29 is 9.47 Å². The molecule has 2 unspecified atom stereocenters. The first-order valence-electron chi connectivity index (χ1n) is 9.39. The van der Waals surface area contributed by atoms with Crippen molar-refractivity contribution in [3.8, 4) is 0 Å². The van der Waals surface area contributed by atoms with E-state index in [0.717, 1.165) is 18.7 Å². The smallest absolute Gasteiger partial charge is 0.208 e. The molecule has 4 heteroatoms. The Balaban J connectivity index is 0.00000225. The van der Waals surface area contributed by atoms with Crippen molar-refractivity contribution in [1.29, 1.82) is 0 Å².